The molecule has 1 amide bonds. The first-order valence-corrected chi connectivity index (χ1v) is 10.2. The van der Waals surface area contributed by atoms with Gasteiger partial charge in [-0.2, -0.15) is 0 Å². The van der Waals surface area contributed by atoms with Gasteiger partial charge < -0.3 is 10.2 Å². The predicted octanol–water partition coefficient (Wildman–Crippen LogP) is 2.49. The van der Waals surface area contributed by atoms with E-state index >= 15 is 0 Å². The molecule has 0 bridgehead atoms. The maximum absolute atomic E-state index is 12.9. The number of piperidine rings is 1. The second kappa shape index (κ2) is 8.93. The molecule has 0 atom stereocenters. The largest absolute Gasteiger partial charge is 0.352 e. The Bertz CT molecular complexity index is 936. The number of rotatable bonds is 6. The molecular weight excluding hydrogens is 348 g/mol. The first kappa shape index (κ1) is 18.6. The average molecular weight is 375 g/mol. The Labute approximate surface area is 165 Å². The van der Waals surface area contributed by atoms with Gasteiger partial charge in [0.25, 0.3) is 5.91 Å². The van der Waals surface area contributed by atoms with Gasteiger partial charge in [0.05, 0.1) is 36.4 Å². The van der Waals surface area contributed by atoms with Crippen molar-refractivity contribution in [3.8, 4) is 11.3 Å². The van der Waals surface area contributed by atoms with Crippen molar-refractivity contribution in [3.63, 3.8) is 0 Å². The van der Waals surface area contributed by atoms with Crippen LogP contribution in [0.2, 0.25) is 0 Å². The number of quaternary nitrogens is 1. The normalized spacial score (nSPS) is 14.9. The van der Waals surface area contributed by atoms with Crippen LogP contribution in [0.25, 0.3) is 22.2 Å². The third kappa shape index (κ3) is 4.37. The zero-order chi connectivity index (χ0) is 19.2. The van der Waals surface area contributed by atoms with Crippen LogP contribution in [-0.2, 0) is 0 Å². The zero-order valence-corrected chi connectivity index (χ0v) is 16.2. The highest BCUT2D eigenvalue weighted by atomic mass is 16.1. The maximum Gasteiger partial charge on any atom is 0.252 e. The average Bonchev–Trinajstić information content (AvgIpc) is 2.77. The van der Waals surface area contributed by atoms with Gasteiger partial charge in [-0.1, -0.05) is 18.2 Å². The van der Waals surface area contributed by atoms with Gasteiger partial charge >= 0.3 is 0 Å². The molecule has 2 N–H and O–H groups in total. The summed E-state index contributed by atoms with van der Waals surface area (Å²) < 4.78 is 0. The van der Waals surface area contributed by atoms with E-state index in [0.717, 1.165) is 35.1 Å². The zero-order valence-electron chi connectivity index (χ0n) is 16.2. The van der Waals surface area contributed by atoms with Crippen LogP contribution in [0.5, 0.6) is 0 Å². The molecule has 28 heavy (non-hydrogen) atoms. The molecule has 1 fully saturated rings. The van der Waals surface area contributed by atoms with Crippen LogP contribution in [0.15, 0.2) is 54.9 Å². The lowest BCUT2D eigenvalue weighted by Crippen LogP contribution is -3.12. The number of nitrogens with one attached hydrogen (secondary N) is 2. The van der Waals surface area contributed by atoms with Gasteiger partial charge in [0, 0.05) is 36.3 Å². The molecule has 3 aromatic rings. The summed E-state index contributed by atoms with van der Waals surface area (Å²) in [7, 11) is 0. The number of carbonyl (C=O) groups excluding carboxylic acids is 1. The van der Waals surface area contributed by atoms with Crippen LogP contribution in [0, 0.1) is 0 Å². The van der Waals surface area contributed by atoms with Crippen molar-refractivity contribution >= 4 is 16.8 Å². The van der Waals surface area contributed by atoms with E-state index in [4.69, 9.17) is 4.98 Å². The molecule has 5 nitrogen and oxygen atoms in total. The first-order valence-electron chi connectivity index (χ1n) is 10.2. The molecule has 1 saturated heterocycles. The molecule has 0 radical (unpaired) electrons. The molecule has 5 heteroatoms. The topological polar surface area (TPSA) is 59.3 Å². The van der Waals surface area contributed by atoms with Crippen LogP contribution < -0.4 is 10.2 Å². The van der Waals surface area contributed by atoms with Gasteiger partial charge in [0.1, 0.15) is 0 Å². The lowest BCUT2D eigenvalue weighted by molar-refractivity contribution is -0.904. The third-order valence-corrected chi connectivity index (χ3v) is 5.47. The molecular formula is C23H27N4O+. The van der Waals surface area contributed by atoms with Crippen molar-refractivity contribution in [2.75, 3.05) is 26.2 Å². The van der Waals surface area contributed by atoms with Crippen LogP contribution in [0.4, 0.5) is 0 Å². The van der Waals surface area contributed by atoms with Gasteiger partial charge in [-0.3, -0.25) is 9.78 Å². The molecule has 0 spiro atoms. The van der Waals surface area contributed by atoms with Crippen molar-refractivity contribution in [2.45, 2.75) is 25.7 Å². The summed E-state index contributed by atoms with van der Waals surface area (Å²) in [6.45, 7) is 4.40. The molecule has 0 unspecified atom stereocenters. The number of hydrogen-bond donors (Lipinski definition) is 2. The van der Waals surface area contributed by atoms with Crippen molar-refractivity contribution in [1.82, 2.24) is 15.3 Å². The van der Waals surface area contributed by atoms with E-state index < -0.39 is 0 Å². The lowest BCUT2D eigenvalue weighted by Gasteiger charge is -2.23. The fourth-order valence-corrected chi connectivity index (χ4v) is 3.96. The minimum atomic E-state index is -0.0302. The molecule has 0 aliphatic carbocycles. The Morgan fingerprint density at radius 3 is 2.75 bits per heavy atom. The molecule has 144 valence electrons. The van der Waals surface area contributed by atoms with Crippen molar-refractivity contribution in [1.29, 1.82) is 0 Å². The summed E-state index contributed by atoms with van der Waals surface area (Å²) in [5, 5.41) is 4.00. The summed E-state index contributed by atoms with van der Waals surface area (Å²) in [6, 6.07) is 13.5. The van der Waals surface area contributed by atoms with E-state index in [9.17, 15) is 4.79 Å². The highest BCUT2D eigenvalue weighted by molar-refractivity contribution is 6.07. The molecule has 1 aliphatic heterocycles. The van der Waals surface area contributed by atoms with Crippen molar-refractivity contribution in [3.05, 3.63) is 60.4 Å². The Balaban J connectivity index is 1.49. The minimum Gasteiger partial charge on any atom is -0.352 e. The fraction of sp³-hybridized carbons (Fsp3) is 0.348. The van der Waals surface area contributed by atoms with Crippen LogP contribution >= 0.6 is 0 Å². The number of aromatic nitrogens is 2. The van der Waals surface area contributed by atoms with E-state index in [1.165, 1.54) is 32.4 Å². The summed E-state index contributed by atoms with van der Waals surface area (Å²) in [6.07, 6.45) is 8.57. The van der Waals surface area contributed by atoms with E-state index in [-0.39, 0.29) is 5.91 Å². The number of para-hydroxylation sites is 1. The molecule has 1 aliphatic rings. The predicted molar refractivity (Wildman–Crippen MR) is 111 cm³/mol. The highest BCUT2D eigenvalue weighted by Crippen LogP contribution is 2.24. The van der Waals surface area contributed by atoms with Gasteiger partial charge in [-0.05, 0) is 43.5 Å². The molecule has 3 heterocycles. The van der Waals surface area contributed by atoms with Gasteiger partial charge in [0.15, 0.2) is 0 Å². The van der Waals surface area contributed by atoms with Gasteiger partial charge in [-0.25, -0.2) is 4.98 Å². The number of carbonyl (C=O) groups is 1. The SMILES string of the molecule is O=C(NCCC[NH+]1CCCCC1)c1cc(-c2cccnc2)nc2ccccc12. The van der Waals surface area contributed by atoms with Crippen molar-refractivity contribution in [2.24, 2.45) is 0 Å². The van der Waals surface area contributed by atoms with Gasteiger partial charge in [-0.15, -0.1) is 0 Å². The van der Waals surface area contributed by atoms with Crippen LogP contribution in [0.3, 0.4) is 0 Å². The lowest BCUT2D eigenvalue weighted by atomic mass is 10.0. The number of hydrogen-bond acceptors (Lipinski definition) is 3. The maximum atomic E-state index is 12.9. The summed E-state index contributed by atoms with van der Waals surface area (Å²) in [5.41, 5.74) is 3.19. The molecule has 0 saturated carbocycles. The number of fused-ring (bicyclic) bond motifs is 1. The monoisotopic (exact) mass is 375 g/mol. The minimum absolute atomic E-state index is 0.0302. The number of nitrogens with zero attached hydrogens (tertiary/aromatic N) is 2. The summed E-state index contributed by atoms with van der Waals surface area (Å²) in [4.78, 5) is 23.5. The van der Waals surface area contributed by atoms with Gasteiger partial charge in [0.2, 0.25) is 0 Å². The molecule has 4 rings (SSSR count). The third-order valence-electron chi connectivity index (χ3n) is 5.47. The summed E-state index contributed by atoms with van der Waals surface area (Å²) >= 11 is 0. The molecule has 2 aromatic heterocycles. The number of benzene rings is 1. The van der Waals surface area contributed by atoms with E-state index in [2.05, 4.69) is 10.3 Å². The van der Waals surface area contributed by atoms with E-state index in [1.807, 2.05) is 42.5 Å². The Morgan fingerprint density at radius 1 is 1.07 bits per heavy atom. The first-order chi connectivity index (χ1) is 13.8. The van der Waals surface area contributed by atoms with Crippen LogP contribution in [-0.4, -0.2) is 42.1 Å². The Hall–Kier alpha value is -2.79. The highest BCUT2D eigenvalue weighted by Gasteiger charge is 2.15. The van der Waals surface area contributed by atoms with E-state index in [1.54, 1.807) is 17.3 Å². The van der Waals surface area contributed by atoms with Crippen LogP contribution in [0.1, 0.15) is 36.0 Å². The standard InChI is InChI=1S/C23H26N4O/c28-23(25-12-7-15-27-13-4-1-5-14-27)20-16-22(18-8-6-11-24-17-18)26-21-10-3-2-9-19(20)21/h2-3,6,8-11,16-17H,1,4-5,7,12-15H2,(H,25,28)/p+1. The van der Waals surface area contributed by atoms with Crippen molar-refractivity contribution < 1.29 is 9.69 Å². The van der Waals surface area contributed by atoms with E-state index in [0.29, 0.717) is 12.1 Å². The second-order valence-corrected chi connectivity index (χ2v) is 7.48. The Morgan fingerprint density at radius 2 is 1.93 bits per heavy atom. The smallest absolute Gasteiger partial charge is 0.252 e. The summed E-state index contributed by atoms with van der Waals surface area (Å²) in [5.74, 6) is -0.0302. The Kier molecular flexibility index (Phi) is 5.92. The molecule has 1 aromatic carbocycles. The quantitative estimate of drug-likeness (QED) is 0.651. The number of pyridine rings is 2. The number of amides is 1. The fourth-order valence-electron chi connectivity index (χ4n) is 3.96. The second-order valence-electron chi connectivity index (χ2n) is 7.48. The number of likely N-dealkylation sites (tertiary alicyclic amines) is 1.